The molecule has 2 amide bonds. The molecule has 3 heterocycles. The maximum absolute atomic E-state index is 12.4. The molecule has 0 aliphatic carbocycles. The third-order valence-electron chi connectivity index (χ3n) is 4.73. The fourth-order valence-electron chi connectivity index (χ4n) is 3.37. The molecule has 1 aliphatic rings. The number of para-hydroxylation sites is 1. The summed E-state index contributed by atoms with van der Waals surface area (Å²) in [6.07, 6.45) is 4.69. The molecule has 2 aromatic heterocycles. The van der Waals surface area contributed by atoms with Crippen LogP contribution >= 0.6 is 0 Å². The average molecular weight is 348 g/mol. The molecule has 4 rings (SSSR count). The van der Waals surface area contributed by atoms with E-state index in [9.17, 15) is 9.59 Å². The molecule has 1 unspecified atom stereocenters. The summed E-state index contributed by atoms with van der Waals surface area (Å²) < 4.78 is 2.02. The maximum Gasteiger partial charge on any atom is 0.227 e. The Bertz CT molecular complexity index is 935. The van der Waals surface area contributed by atoms with Gasteiger partial charge in [-0.25, -0.2) is 4.98 Å². The number of carbonyl (C=O) groups excluding carboxylic acids is 2. The van der Waals surface area contributed by atoms with Gasteiger partial charge in [0.15, 0.2) is 0 Å². The van der Waals surface area contributed by atoms with E-state index in [1.165, 1.54) is 0 Å². The van der Waals surface area contributed by atoms with E-state index in [2.05, 4.69) is 10.3 Å². The van der Waals surface area contributed by atoms with E-state index in [4.69, 9.17) is 0 Å². The Kier molecular flexibility index (Phi) is 4.39. The van der Waals surface area contributed by atoms with Crippen molar-refractivity contribution in [3.05, 3.63) is 66.7 Å². The Morgan fingerprint density at radius 1 is 1.15 bits per heavy atom. The summed E-state index contributed by atoms with van der Waals surface area (Å²) >= 11 is 0. The number of nitrogens with zero attached hydrogens (tertiary/aromatic N) is 3. The minimum atomic E-state index is -0.306. The molecule has 6 heteroatoms. The molecule has 3 aromatic rings. The molecular formula is C20H20N4O2. The van der Waals surface area contributed by atoms with Gasteiger partial charge in [-0.1, -0.05) is 24.3 Å². The van der Waals surface area contributed by atoms with E-state index < -0.39 is 0 Å². The molecule has 1 atom stereocenters. The number of nitrogens with one attached hydrogen (secondary N) is 1. The van der Waals surface area contributed by atoms with Gasteiger partial charge in [-0.15, -0.1) is 0 Å². The van der Waals surface area contributed by atoms with Crippen LogP contribution < -0.4 is 10.2 Å². The molecule has 6 nitrogen and oxygen atoms in total. The number of hydrogen-bond donors (Lipinski definition) is 1. The second kappa shape index (κ2) is 7.00. The molecule has 1 N–H and O–H groups in total. The molecule has 1 fully saturated rings. The number of benzene rings is 1. The molecular weight excluding hydrogens is 328 g/mol. The van der Waals surface area contributed by atoms with Gasteiger partial charge in [-0.05, 0) is 24.3 Å². The second-order valence-electron chi connectivity index (χ2n) is 6.45. The molecule has 132 valence electrons. The number of fused-ring (bicyclic) bond motifs is 1. The Morgan fingerprint density at radius 3 is 2.81 bits per heavy atom. The Hall–Kier alpha value is -3.15. The number of hydrogen-bond acceptors (Lipinski definition) is 3. The topological polar surface area (TPSA) is 66.7 Å². The Labute approximate surface area is 151 Å². The summed E-state index contributed by atoms with van der Waals surface area (Å²) in [5.74, 6) is 0.530. The Morgan fingerprint density at radius 2 is 1.96 bits per heavy atom. The van der Waals surface area contributed by atoms with Crippen LogP contribution in [0.5, 0.6) is 0 Å². The zero-order valence-corrected chi connectivity index (χ0v) is 14.3. The molecule has 0 saturated carbocycles. The molecule has 0 radical (unpaired) electrons. The van der Waals surface area contributed by atoms with Crippen LogP contribution in [0.1, 0.15) is 12.2 Å². The predicted octanol–water partition coefficient (Wildman–Crippen LogP) is 2.05. The van der Waals surface area contributed by atoms with Gasteiger partial charge < -0.3 is 14.6 Å². The lowest BCUT2D eigenvalue weighted by Crippen LogP contribution is -2.34. The quantitative estimate of drug-likeness (QED) is 0.767. The normalized spacial score (nSPS) is 17.0. The maximum atomic E-state index is 12.4. The number of pyridine rings is 1. The van der Waals surface area contributed by atoms with Crippen LogP contribution in [0.15, 0.2) is 60.9 Å². The van der Waals surface area contributed by atoms with E-state index in [0.717, 1.165) is 17.0 Å². The number of rotatable bonds is 5. The van der Waals surface area contributed by atoms with Crippen LogP contribution in [0.25, 0.3) is 5.52 Å². The van der Waals surface area contributed by atoms with Crippen molar-refractivity contribution < 1.29 is 9.59 Å². The number of imidazole rings is 1. The molecule has 0 bridgehead atoms. The number of aromatic nitrogens is 2. The zero-order valence-electron chi connectivity index (χ0n) is 14.3. The van der Waals surface area contributed by atoms with Crippen molar-refractivity contribution in [2.45, 2.75) is 12.8 Å². The van der Waals surface area contributed by atoms with E-state index in [0.29, 0.717) is 19.5 Å². The van der Waals surface area contributed by atoms with Crippen molar-refractivity contribution in [3.63, 3.8) is 0 Å². The van der Waals surface area contributed by atoms with Crippen molar-refractivity contribution in [2.75, 3.05) is 18.0 Å². The van der Waals surface area contributed by atoms with Crippen molar-refractivity contribution in [3.8, 4) is 0 Å². The number of anilines is 1. The van der Waals surface area contributed by atoms with Gasteiger partial charge in [0.25, 0.3) is 0 Å². The van der Waals surface area contributed by atoms with Crippen LogP contribution in [-0.2, 0) is 16.0 Å². The molecule has 0 spiro atoms. The van der Waals surface area contributed by atoms with Crippen molar-refractivity contribution >= 4 is 23.0 Å². The summed E-state index contributed by atoms with van der Waals surface area (Å²) in [4.78, 5) is 30.8. The zero-order chi connectivity index (χ0) is 17.9. The first-order chi connectivity index (χ1) is 12.7. The van der Waals surface area contributed by atoms with Crippen molar-refractivity contribution in [1.82, 2.24) is 14.7 Å². The van der Waals surface area contributed by atoms with Crippen LogP contribution in [0.4, 0.5) is 5.69 Å². The van der Waals surface area contributed by atoms with Gasteiger partial charge in [-0.2, -0.15) is 0 Å². The monoisotopic (exact) mass is 348 g/mol. The van der Waals surface area contributed by atoms with Gasteiger partial charge in [-0.3, -0.25) is 9.59 Å². The average Bonchev–Trinajstić information content (AvgIpc) is 3.26. The highest BCUT2D eigenvalue weighted by molar-refractivity contribution is 6.00. The number of carbonyl (C=O) groups is 2. The van der Waals surface area contributed by atoms with Crippen LogP contribution in [0.2, 0.25) is 0 Å². The molecule has 1 saturated heterocycles. The first-order valence-electron chi connectivity index (χ1n) is 8.76. The lowest BCUT2D eigenvalue weighted by Gasteiger charge is -2.16. The van der Waals surface area contributed by atoms with Gasteiger partial charge in [0.2, 0.25) is 11.8 Å². The second-order valence-corrected chi connectivity index (χ2v) is 6.45. The third kappa shape index (κ3) is 3.18. The molecule has 1 aromatic carbocycles. The van der Waals surface area contributed by atoms with Crippen LogP contribution in [-0.4, -0.2) is 34.3 Å². The Balaban J connectivity index is 1.33. The first kappa shape index (κ1) is 16.3. The standard InChI is InChI=1S/C20H20N4O2/c25-19-12-15(14-24(19)16-6-2-1-3-7-16)20(26)21-10-9-18-22-13-17-8-4-5-11-23(17)18/h1-8,11,13,15H,9-10,12,14H2,(H,21,26). The SMILES string of the molecule is O=C(NCCc1ncc2ccccn12)C1CC(=O)N(c2ccccc2)C1. The number of amides is 2. The van der Waals surface area contributed by atoms with Crippen molar-refractivity contribution in [2.24, 2.45) is 5.92 Å². The predicted molar refractivity (Wildman–Crippen MR) is 98.8 cm³/mol. The van der Waals surface area contributed by atoms with E-state index in [1.807, 2.05) is 65.3 Å². The van der Waals surface area contributed by atoms with E-state index in [-0.39, 0.29) is 24.2 Å². The van der Waals surface area contributed by atoms with Crippen molar-refractivity contribution in [1.29, 1.82) is 0 Å². The third-order valence-corrected chi connectivity index (χ3v) is 4.73. The summed E-state index contributed by atoms with van der Waals surface area (Å²) in [6.45, 7) is 0.934. The van der Waals surface area contributed by atoms with Gasteiger partial charge in [0.1, 0.15) is 5.82 Å². The molecule has 1 aliphatic heterocycles. The van der Waals surface area contributed by atoms with Crippen LogP contribution in [0, 0.1) is 5.92 Å². The highest BCUT2D eigenvalue weighted by Crippen LogP contribution is 2.24. The summed E-state index contributed by atoms with van der Waals surface area (Å²) in [6, 6.07) is 15.4. The lowest BCUT2D eigenvalue weighted by molar-refractivity contribution is -0.126. The summed E-state index contributed by atoms with van der Waals surface area (Å²) in [5.41, 5.74) is 1.88. The van der Waals surface area contributed by atoms with Gasteiger partial charge in [0.05, 0.1) is 17.6 Å². The van der Waals surface area contributed by atoms with Crippen LogP contribution in [0.3, 0.4) is 0 Å². The first-order valence-corrected chi connectivity index (χ1v) is 8.76. The highest BCUT2D eigenvalue weighted by atomic mass is 16.2. The lowest BCUT2D eigenvalue weighted by atomic mass is 10.1. The largest absolute Gasteiger partial charge is 0.355 e. The summed E-state index contributed by atoms with van der Waals surface area (Å²) in [7, 11) is 0. The van der Waals surface area contributed by atoms with Gasteiger partial charge >= 0.3 is 0 Å². The van der Waals surface area contributed by atoms with E-state index >= 15 is 0 Å². The van der Waals surface area contributed by atoms with Gasteiger partial charge in [0, 0.05) is 37.8 Å². The fraction of sp³-hybridized carbons (Fsp3) is 0.250. The highest BCUT2D eigenvalue weighted by Gasteiger charge is 2.34. The van der Waals surface area contributed by atoms with E-state index in [1.54, 1.807) is 4.90 Å². The summed E-state index contributed by atoms with van der Waals surface area (Å²) in [5, 5.41) is 2.95. The smallest absolute Gasteiger partial charge is 0.227 e. The molecule has 26 heavy (non-hydrogen) atoms. The fourth-order valence-corrected chi connectivity index (χ4v) is 3.37. The minimum absolute atomic E-state index is 0.00407. The minimum Gasteiger partial charge on any atom is -0.355 e.